The molecular formula is C21H25ClN2O6. The first-order chi connectivity index (χ1) is 14.2. The third kappa shape index (κ3) is 5.27. The van der Waals surface area contributed by atoms with Crippen LogP contribution in [0.25, 0.3) is 0 Å². The average molecular weight is 437 g/mol. The number of benzene rings is 2. The number of rotatable bonds is 9. The van der Waals surface area contributed by atoms with Gasteiger partial charge in [0, 0.05) is 11.6 Å². The van der Waals surface area contributed by atoms with Gasteiger partial charge in [-0.1, -0.05) is 25.4 Å². The number of anilines is 1. The molecular weight excluding hydrogens is 412 g/mol. The first kappa shape index (κ1) is 23.2. The van der Waals surface area contributed by atoms with Crippen LogP contribution in [0.3, 0.4) is 0 Å². The zero-order valence-electron chi connectivity index (χ0n) is 17.5. The number of halogens is 1. The van der Waals surface area contributed by atoms with Crippen LogP contribution in [-0.2, 0) is 0 Å². The van der Waals surface area contributed by atoms with Crippen LogP contribution in [0.4, 0.5) is 5.69 Å². The minimum absolute atomic E-state index is 0.0657. The van der Waals surface area contributed by atoms with Crippen molar-refractivity contribution < 1.29 is 28.5 Å². The first-order valence-corrected chi connectivity index (χ1v) is 9.47. The molecule has 0 saturated carbocycles. The molecule has 9 heteroatoms. The number of carbonyl (C=O) groups is 2. The number of hydrogen-bond acceptors (Lipinski definition) is 6. The van der Waals surface area contributed by atoms with Crippen molar-refractivity contribution in [2.75, 3.05) is 33.3 Å². The zero-order valence-corrected chi connectivity index (χ0v) is 18.3. The highest BCUT2D eigenvalue weighted by Crippen LogP contribution is 2.38. The van der Waals surface area contributed by atoms with Gasteiger partial charge in [0.25, 0.3) is 11.8 Å². The third-order valence-corrected chi connectivity index (χ3v) is 4.37. The molecule has 0 saturated heterocycles. The van der Waals surface area contributed by atoms with Gasteiger partial charge in [0.15, 0.2) is 23.0 Å². The highest BCUT2D eigenvalue weighted by molar-refractivity contribution is 6.32. The molecule has 0 aliphatic heterocycles. The number of amides is 2. The highest BCUT2D eigenvalue weighted by atomic mass is 35.5. The number of hydrogen-bond donors (Lipinski definition) is 2. The van der Waals surface area contributed by atoms with Crippen molar-refractivity contribution in [1.29, 1.82) is 0 Å². The second kappa shape index (κ2) is 10.1. The molecule has 2 aromatic carbocycles. The molecule has 2 aromatic rings. The zero-order chi connectivity index (χ0) is 22.4. The van der Waals surface area contributed by atoms with Crippen molar-refractivity contribution in [2.45, 2.75) is 13.8 Å². The van der Waals surface area contributed by atoms with Gasteiger partial charge in [-0.25, -0.2) is 0 Å². The van der Waals surface area contributed by atoms with E-state index < -0.39 is 11.8 Å². The molecule has 30 heavy (non-hydrogen) atoms. The predicted molar refractivity (Wildman–Crippen MR) is 114 cm³/mol. The van der Waals surface area contributed by atoms with E-state index in [2.05, 4.69) is 5.32 Å². The molecule has 2 rings (SSSR count). The summed E-state index contributed by atoms with van der Waals surface area (Å²) in [4.78, 5) is 24.7. The van der Waals surface area contributed by atoms with Gasteiger partial charge in [-0.2, -0.15) is 0 Å². The lowest BCUT2D eigenvalue weighted by atomic mass is 10.1. The van der Waals surface area contributed by atoms with E-state index in [0.717, 1.165) is 0 Å². The van der Waals surface area contributed by atoms with Crippen molar-refractivity contribution in [2.24, 2.45) is 11.7 Å². The Morgan fingerprint density at radius 1 is 1.00 bits per heavy atom. The molecule has 0 radical (unpaired) electrons. The van der Waals surface area contributed by atoms with Crippen LogP contribution in [0.5, 0.6) is 23.0 Å². The molecule has 8 nitrogen and oxygen atoms in total. The van der Waals surface area contributed by atoms with Crippen molar-refractivity contribution in [3.8, 4) is 23.0 Å². The first-order valence-electron chi connectivity index (χ1n) is 9.09. The molecule has 0 unspecified atom stereocenters. The number of ether oxygens (including phenoxy) is 4. The summed E-state index contributed by atoms with van der Waals surface area (Å²) in [6.07, 6.45) is 0. The van der Waals surface area contributed by atoms with E-state index in [1.807, 2.05) is 13.8 Å². The Morgan fingerprint density at radius 3 is 2.13 bits per heavy atom. The van der Waals surface area contributed by atoms with Crippen molar-refractivity contribution in [3.05, 3.63) is 40.4 Å². The van der Waals surface area contributed by atoms with Gasteiger partial charge >= 0.3 is 0 Å². The van der Waals surface area contributed by atoms with Crippen LogP contribution in [0.2, 0.25) is 5.02 Å². The predicted octanol–water partition coefficient (Wildman–Crippen LogP) is 3.75. The van der Waals surface area contributed by atoms with Crippen LogP contribution in [0.15, 0.2) is 24.3 Å². The Bertz CT molecular complexity index is 946. The van der Waals surface area contributed by atoms with E-state index in [1.165, 1.54) is 45.6 Å². The minimum Gasteiger partial charge on any atom is -0.493 e. The van der Waals surface area contributed by atoms with Crippen LogP contribution in [0.1, 0.15) is 34.6 Å². The van der Waals surface area contributed by atoms with Crippen LogP contribution in [-0.4, -0.2) is 39.8 Å². The maximum atomic E-state index is 12.9. The Hall–Kier alpha value is -3.13. The summed E-state index contributed by atoms with van der Waals surface area (Å²) in [5.74, 6) is 0.321. The number of primary amides is 1. The van der Waals surface area contributed by atoms with E-state index in [1.54, 1.807) is 0 Å². The molecule has 0 fully saturated rings. The van der Waals surface area contributed by atoms with Gasteiger partial charge in [0.2, 0.25) is 0 Å². The number of carbonyl (C=O) groups excluding carboxylic acids is 2. The molecule has 3 N–H and O–H groups in total. The van der Waals surface area contributed by atoms with Crippen LogP contribution >= 0.6 is 11.6 Å². The number of methoxy groups -OCH3 is 3. The summed E-state index contributed by atoms with van der Waals surface area (Å²) in [6.45, 7) is 4.44. The lowest BCUT2D eigenvalue weighted by molar-refractivity contribution is 0.100. The maximum absolute atomic E-state index is 12.9. The maximum Gasteiger partial charge on any atom is 0.255 e. The Labute approximate surface area is 180 Å². The van der Waals surface area contributed by atoms with Crippen molar-refractivity contribution >= 4 is 29.1 Å². The number of nitrogens with two attached hydrogens (primary N) is 1. The Morgan fingerprint density at radius 2 is 1.60 bits per heavy atom. The third-order valence-electron chi connectivity index (χ3n) is 4.09. The summed E-state index contributed by atoms with van der Waals surface area (Å²) < 4.78 is 21.4. The average Bonchev–Trinajstić information content (AvgIpc) is 2.71. The van der Waals surface area contributed by atoms with E-state index in [4.69, 9.17) is 36.3 Å². The quantitative estimate of drug-likeness (QED) is 0.619. The smallest absolute Gasteiger partial charge is 0.255 e. The normalized spacial score (nSPS) is 10.5. The standard InChI is InChI=1S/C21H25ClN2O6/c1-11(2)10-30-19-14(22)6-12(7-18(19)29-5)21(26)24-15-9-17(28-4)16(27-3)8-13(15)20(23)25/h6-9,11H,10H2,1-5H3,(H2,23,25)(H,24,26). The molecule has 162 valence electrons. The summed E-state index contributed by atoms with van der Waals surface area (Å²) in [5, 5.41) is 2.88. The van der Waals surface area contributed by atoms with E-state index in [9.17, 15) is 9.59 Å². The van der Waals surface area contributed by atoms with E-state index in [0.29, 0.717) is 29.6 Å². The molecule has 0 atom stereocenters. The molecule has 0 aliphatic rings. The fourth-order valence-corrected chi connectivity index (χ4v) is 2.89. The minimum atomic E-state index is -0.737. The van der Waals surface area contributed by atoms with E-state index in [-0.39, 0.29) is 27.8 Å². The fourth-order valence-electron chi connectivity index (χ4n) is 2.62. The monoisotopic (exact) mass is 436 g/mol. The number of nitrogens with one attached hydrogen (secondary N) is 1. The van der Waals surface area contributed by atoms with Gasteiger partial charge < -0.3 is 30.0 Å². The summed E-state index contributed by atoms with van der Waals surface area (Å²) in [6, 6.07) is 5.81. The summed E-state index contributed by atoms with van der Waals surface area (Å²) in [7, 11) is 4.32. The van der Waals surface area contributed by atoms with Crippen LogP contribution < -0.4 is 30.0 Å². The topological polar surface area (TPSA) is 109 Å². The van der Waals surface area contributed by atoms with Gasteiger partial charge in [-0.05, 0) is 24.1 Å². The molecule has 0 spiro atoms. The molecule has 0 bridgehead atoms. The summed E-state index contributed by atoms with van der Waals surface area (Å²) in [5.41, 5.74) is 5.89. The second-order valence-electron chi connectivity index (χ2n) is 6.77. The molecule has 2 amide bonds. The molecule has 0 aliphatic carbocycles. The molecule has 0 aromatic heterocycles. The fraction of sp³-hybridized carbons (Fsp3) is 0.333. The lowest BCUT2D eigenvalue weighted by Gasteiger charge is -2.16. The van der Waals surface area contributed by atoms with Gasteiger partial charge in [0.05, 0.1) is 44.2 Å². The SMILES string of the molecule is COc1cc(NC(=O)c2cc(Cl)c(OCC(C)C)c(OC)c2)c(C(N)=O)cc1OC. The van der Waals surface area contributed by atoms with Crippen molar-refractivity contribution in [3.63, 3.8) is 0 Å². The van der Waals surface area contributed by atoms with Gasteiger partial charge in [-0.3, -0.25) is 9.59 Å². The largest absolute Gasteiger partial charge is 0.493 e. The summed E-state index contributed by atoms with van der Waals surface area (Å²) >= 11 is 6.32. The second-order valence-corrected chi connectivity index (χ2v) is 7.17. The van der Waals surface area contributed by atoms with Gasteiger partial charge in [-0.15, -0.1) is 0 Å². The Kier molecular flexibility index (Phi) is 7.77. The highest BCUT2D eigenvalue weighted by Gasteiger charge is 2.20. The van der Waals surface area contributed by atoms with E-state index >= 15 is 0 Å². The molecule has 0 heterocycles. The lowest BCUT2D eigenvalue weighted by Crippen LogP contribution is -2.19. The van der Waals surface area contributed by atoms with Gasteiger partial charge in [0.1, 0.15) is 0 Å². The van der Waals surface area contributed by atoms with Crippen LogP contribution in [0, 0.1) is 5.92 Å². The van der Waals surface area contributed by atoms with Crippen molar-refractivity contribution in [1.82, 2.24) is 0 Å². The Balaban J connectivity index is 2.40.